The number of aromatic nitrogens is 1. The van der Waals surface area contributed by atoms with Gasteiger partial charge in [0.1, 0.15) is 11.3 Å². The van der Waals surface area contributed by atoms with Gasteiger partial charge in [-0.15, -0.1) is 0 Å². The molecule has 0 bridgehead atoms. The maximum Gasteiger partial charge on any atom is 0.336 e. The first-order chi connectivity index (χ1) is 15.5. The molecule has 6 nitrogen and oxygen atoms in total. The maximum absolute atomic E-state index is 12.9. The minimum absolute atomic E-state index is 0.00803. The third-order valence-corrected chi connectivity index (χ3v) is 6.42. The maximum atomic E-state index is 12.9. The van der Waals surface area contributed by atoms with E-state index >= 15 is 0 Å². The number of fused-ring (bicyclic) bond motifs is 4. The molecule has 32 heavy (non-hydrogen) atoms. The molecule has 0 saturated carbocycles. The molecule has 0 unspecified atom stereocenters. The predicted molar refractivity (Wildman–Crippen MR) is 124 cm³/mol. The molecule has 0 saturated heterocycles. The molecular weight excluding hydrogens is 404 g/mol. The molecule has 1 aliphatic rings. The van der Waals surface area contributed by atoms with Gasteiger partial charge < -0.3 is 19.5 Å². The smallest absolute Gasteiger partial charge is 0.336 e. The van der Waals surface area contributed by atoms with Gasteiger partial charge in [0.05, 0.1) is 13.2 Å². The molecule has 5 rings (SSSR count). The molecule has 1 amide bonds. The lowest BCUT2D eigenvalue weighted by Gasteiger charge is -2.24. The molecule has 6 heteroatoms. The Morgan fingerprint density at radius 2 is 2.06 bits per heavy atom. The van der Waals surface area contributed by atoms with Crippen molar-refractivity contribution in [2.24, 2.45) is 0 Å². The second kappa shape index (κ2) is 8.19. The molecule has 2 heterocycles. The number of H-pyrrole nitrogens is 1. The number of methoxy groups -OCH3 is 1. The molecule has 2 aromatic heterocycles. The van der Waals surface area contributed by atoms with Crippen LogP contribution in [0.2, 0.25) is 0 Å². The molecular formula is C26H26N2O4. The Labute approximate surface area is 185 Å². The highest BCUT2D eigenvalue weighted by Gasteiger charge is 2.25. The SMILES string of the molecule is COc1cc2oc(=O)cc(C)c2cc1CCC(=O)N[C@@H]1CCCc2c1[nH]c1ccccc21. The Hall–Kier alpha value is -3.54. The number of carbonyl (C=O) groups excluding carboxylic acids is 1. The van der Waals surface area contributed by atoms with Gasteiger partial charge in [-0.05, 0) is 61.4 Å². The van der Waals surface area contributed by atoms with Crippen LogP contribution < -0.4 is 15.7 Å². The van der Waals surface area contributed by atoms with Crippen LogP contribution in [0, 0.1) is 6.92 Å². The first-order valence-corrected chi connectivity index (χ1v) is 11.0. The highest BCUT2D eigenvalue weighted by atomic mass is 16.5. The van der Waals surface area contributed by atoms with Crippen LogP contribution in [0.15, 0.2) is 51.7 Å². The fourth-order valence-corrected chi connectivity index (χ4v) is 4.85. The van der Waals surface area contributed by atoms with E-state index in [1.165, 1.54) is 17.0 Å². The zero-order chi connectivity index (χ0) is 22.2. The monoisotopic (exact) mass is 430 g/mol. The summed E-state index contributed by atoms with van der Waals surface area (Å²) in [7, 11) is 1.58. The molecule has 4 aromatic rings. The lowest BCUT2D eigenvalue weighted by molar-refractivity contribution is -0.121. The summed E-state index contributed by atoms with van der Waals surface area (Å²) < 4.78 is 10.8. The third kappa shape index (κ3) is 3.66. The highest BCUT2D eigenvalue weighted by Crippen LogP contribution is 2.35. The lowest BCUT2D eigenvalue weighted by atomic mass is 9.91. The van der Waals surface area contributed by atoms with Crippen molar-refractivity contribution in [1.29, 1.82) is 0 Å². The van der Waals surface area contributed by atoms with Crippen molar-refractivity contribution in [2.75, 3.05) is 7.11 Å². The van der Waals surface area contributed by atoms with Gasteiger partial charge in [0.15, 0.2) is 0 Å². The van der Waals surface area contributed by atoms with Gasteiger partial charge >= 0.3 is 5.63 Å². The Morgan fingerprint density at radius 1 is 1.22 bits per heavy atom. The topological polar surface area (TPSA) is 84.3 Å². The van der Waals surface area contributed by atoms with Crippen LogP contribution in [0.1, 0.15) is 47.7 Å². The summed E-state index contributed by atoms with van der Waals surface area (Å²) in [4.78, 5) is 28.1. The summed E-state index contributed by atoms with van der Waals surface area (Å²) in [6.07, 6.45) is 3.92. The molecule has 2 aromatic carbocycles. The van der Waals surface area contributed by atoms with Gasteiger partial charge in [0.25, 0.3) is 0 Å². The van der Waals surface area contributed by atoms with Crippen LogP contribution in [0.5, 0.6) is 5.75 Å². The second-order valence-electron chi connectivity index (χ2n) is 8.48. The van der Waals surface area contributed by atoms with E-state index in [2.05, 4.69) is 28.5 Å². The molecule has 0 radical (unpaired) electrons. The normalized spacial score (nSPS) is 15.6. The van der Waals surface area contributed by atoms with E-state index in [9.17, 15) is 9.59 Å². The van der Waals surface area contributed by atoms with Crippen molar-refractivity contribution >= 4 is 27.8 Å². The summed E-state index contributed by atoms with van der Waals surface area (Å²) >= 11 is 0. The van der Waals surface area contributed by atoms with Crippen LogP contribution in [0.4, 0.5) is 0 Å². The van der Waals surface area contributed by atoms with Crippen molar-refractivity contribution in [3.05, 3.63) is 75.3 Å². The number of ether oxygens (including phenoxy) is 1. The van der Waals surface area contributed by atoms with Crippen LogP contribution in [-0.4, -0.2) is 18.0 Å². The number of hydrogen-bond donors (Lipinski definition) is 2. The minimum Gasteiger partial charge on any atom is -0.496 e. The van der Waals surface area contributed by atoms with Crippen molar-refractivity contribution in [1.82, 2.24) is 10.3 Å². The summed E-state index contributed by atoms with van der Waals surface area (Å²) in [6.45, 7) is 1.88. The van der Waals surface area contributed by atoms with Crippen LogP contribution >= 0.6 is 0 Å². The van der Waals surface area contributed by atoms with E-state index in [1.54, 1.807) is 13.2 Å². The number of para-hydroxylation sites is 1. The van der Waals surface area contributed by atoms with Crippen molar-refractivity contribution in [2.45, 2.75) is 45.1 Å². The summed E-state index contributed by atoms with van der Waals surface area (Å²) in [5.74, 6) is 0.634. The zero-order valence-corrected chi connectivity index (χ0v) is 18.3. The van der Waals surface area contributed by atoms with Gasteiger partial charge in [-0.25, -0.2) is 4.79 Å². The van der Waals surface area contributed by atoms with E-state index in [1.807, 2.05) is 19.1 Å². The van der Waals surface area contributed by atoms with Crippen LogP contribution in [0.3, 0.4) is 0 Å². The number of nitrogens with one attached hydrogen (secondary N) is 2. The van der Waals surface area contributed by atoms with E-state index in [0.717, 1.165) is 47.0 Å². The van der Waals surface area contributed by atoms with Crippen molar-refractivity contribution in [3.63, 3.8) is 0 Å². The fourth-order valence-electron chi connectivity index (χ4n) is 4.85. The predicted octanol–water partition coefficient (Wildman–Crippen LogP) is 4.72. The molecule has 0 fully saturated rings. The number of amides is 1. The number of benzene rings is 2. The highest BCUT2D eigenvalue weighted by molar-refractivity contribution is 5.86. The Balaban J connectivity index is 1.34. The first-order valence-electron chi connectivity index (χ1n) is 11.0. The van der Waals surface area contributed by atoms with Crippen LogP contribution in [0.25, 0.3) is 21.9 Å². The van der Waals surface area contributed by atoms with Gasteiger partial charge in [0, 0.05) is 40.5 Å². The summed E-state index contributed by atoms with van der Waals surface area (Å²) in [6, 6.07) is 13.5. The molecule has 1 aliphatic carbocycles. The fraction of sp³-hybridized carbons (Fsp3) is 0.308. The van der Waals surface area contributed by atoms with Crippen LogP contribution in [-0.2, 0) is 17.6 Å². The average Bonchev–Trinajstić information content (AvgIpc) is 3.17. The Kier molecular flexibility index (Phi) is 5.21. The molecule has 164 valence electrons. The second-order valence-corrected chi connectivity index (χ2v) is 8.48. The van der Waals surface area contributed by atoms with Gasteiger partial charge in [0.2, 0.25) is 5.91 Å². The van der Waals surface area contributed by atoms with Crippen molar-refractivity contribution < 1.29 is 13.9 Å². The molecule has 1 atom stereocenters. The Bertz CT molecular complexity index is 1380. The Morgan fingerprint density at radius 3 is 2.91 bits per heavy atom. The average molecular weight is 431 g/mol. The molecule has 0 spiro atoms. The van der Waals surface area contributed by atoms with E-state index in [4.69, 9.17) is 9.15 Å². The number of carbonyl (C=O) groups is 1. The third-order valence-electron chi connectivity index (χ3n) is 6.42. The lowest BCUT2D eigenvalue weighted by Crippen LogP contribution is -2.31. The van der Waals surface area contributed by atoms with E-state index in [-0.39, 0.29) is 17.6 Å². The number of aryl methyl sites for hydroxylation is 3. The largest absolute Gasteiger partial charge is 0.496 e. The standard InChI is InChI=1S/C26H26N2O4/c1-15-12-25(30)32-23-14-22(31-2)16(13-19(15)23)10-11-24(29)27-21-9-5-7-18-17-6-3-4-8-20(17)28-26(18)21/h3-4,6,8,12-14,21,28H,5,7,9-11H2,1-2H3,(H,27,29)/t21-/m1/s1. The summed E-state index contributed by atoms with van der Waals surface area (Å²) in [5, 5.41) is 5.34. The van der Waals surface area contributed by atoms with Gasteiger partial charge in [-0.2, -0.15) is 0 Å². The minimum atomic E-state index is -0.381. The van der Waals surface area contributed by atoms with E-state index < -0.39 is 0 Å². The zero-order valence-electron chi connectivity index (χ0n) is 18.3. The summed E-state index contributed by atoms with van der Waals surface area (Å²) in [5.41, 5.74) is 5.47. The molecule has 0 aliphatic heterocycles. The number of rotatable bonds is 5. The number of hydrogen-bond acceptors (Lipinski definition) is 4. The first kappa shape index (κ1) is 20.4. The molecule has 2 N–H and O–H groups in total. The number of aromatic amines is 1. The quantitative estimate of drug-likeness (QED) is 0.449. The van der Waals surface area contributed by atoms with E-state index in [0.29, 0.717) is 24.2 Å². The van der Waals surface area contributed by atoms with Gasteiger partial charge in [-0.3, -0.25) is 4.79 Å². The van der Waals surface area contributed by atoms with Crippen molar-refractivity contribution in [3.8, 4) is 5.75 Å². The van der Waals surface area contributed by atoms with Gasteiger partial charge in [-0.1, -0.05) is 18.2 Å².